The van der Waals surface area contributed by atoms with E-state index in [9.17, 15) is 59.9 Å². The standard InChI is InChI=1S/C73H115ClF6N12O12/c1-12-45(4)61-68(102)86(7)42-59(95)84(5)43-60(96)88(9)55(39-47-24-28-49(29-25-47)72(75,76)77)66(100)85(6)41-57(93)81-52(31-27-46-26-30-50(51(74)38-46)73(78,79)80)65(99)92-36-20-23-53(92)64(98)83-71(32-16-17-33-71)70(104)90(11)62(48-21-14-13-15-22-48)69(103)89(10)56(67(101)91-34-18-19-35-91)40-58(94)87(8)54(37-44(2)3)63(97)82-61/h44-56,61-62H,12-43H2,1-11H3,(H,81,93)(H,82,97)(H,83,98)/t45-,46?,47?,49?,50?,51?,52-,53-,54-,55-,56-,61-,62-/m0/s1. The lowest BCUT2D eigenvalue weighted by Crippen LogP contribution is -2.65. The van der Waals surface area contributed by atoms with E-state index in [0.29, 0.717) is 64.5 Å². The van der Waals surface area contributed by atoms with E-state index in [1.165, 1.54) is 68.9 Å². The summed E-state index contributed by atoms with van der Waals surface area (Å²) in [6.07, 6.45) is -3.51. The monoisotopic (exact) mass is 1500 g/mol. The maximum atomic E-state index is 15.8. The second kappa shape index (κ2) is 36.9. The average molecular weight is 1500 g/mol. The molecule has 24 nitrogen and oxygen atoms in total. The van der Waals surface area contributed by atoms with Crippen LogP contribution in [0.15, 0.2) is 0 Å². The van der Waals surface area contributed by atoms with Crippen molar-refractivity contribution in [1.29, 1.82) is 0 Å². The molecular formula is C73H115ClF6N12O12. The fourth-order valence-corrected chi connectivity index (χ4v) is 17.5. The minimum absolute atomic E-state index is 0.00991. The Kier molecular flexibility index (Phi) is 30.1. The summed E-state index contributed by atoms with van der Waals surface area (Å²) in [5.74, 6) is -13.9. The normalized spacial score (nSPS) is 30.7. The summed E-state index contributed by atoms with van der Waals surface area (Å²) in [5, 5.41) is 7.41. The second-order valence-corrected chi connectivity index (χ2v) is 32.2. The van der Waals surface area contributed by atoms with Gasteiger partial charge < -0.3 is 60.0 Å². The van der Waals surface area contributed by atoms with E-state index in [0.717, 1.165) is 38.9 Å². The molecule has 3 aliphatic heterocycles. The van der Waals surface area contributed by atoms with Gasteiger partial charge in [-0.15, -0.1) is 11.6 Å². The molecule has 0 bridgehead atoms. The summed E-state index contributed by atoms with van der Waals surface area (Å²) in [4.78, 5) is 190. The molecule has 1 spiro atoms. The molecule has 7 aliphatic rings. The molecule has 3 heterocycles. The van der Waals surface area contributed by atoms with Crippen LogP contribution < -0.4 is 16.0 Å². The van der Waals surface area contributed by atoms with Crippen LogP contribution >= 0.6 is 11.6 Å². The van der Waals surface area contributed by atoms with Crippen molar-refractivity contribution in [2.24, 2.45) is 41.4 Å². The Bertz CT molecular complexity index is 3050. The number of carbonyl (C=O) groups is 12. The Hall–Kier alpha value is -6.49. The zero-order chi connectivity index (χ0) is 77.0. The molecule has 7 fully saturated rings. The van der Waals surface area contributed by atoms with Crippen LogP contribution in [0, 0.1) is 41.4 Å². The molecule has 0 aromatic carbocycles. The molecule has 0 aromatic rings. The SMILES string of the molecule is CC[C@H](C)[C@@H]1NC(=O)[C@H](CC(C)C)N(C)C(=O)C[C@@H](C(=O)N2CCCC2)N(C)C(=O)[C@H](C2CCCCC2)N(C)C(=O)C2(CCCC2)NC(=O)[C@@H]2CCCN2C(=O)[C@H](CCC2CCC(C(F)(F)F)C(Cl)C2)NC(=O)CN(C)C(=O)[C@H](CC2CCC(C(F)(F)F)CC2)N(C)C(=O)CN(C)C(=O)CN(C)C1=O. The van der Waals surface area contributed by atoms with Crippen molar-refractivity contribution < 1.29 is 83.9 Å². The lowest BCUT2D eigenvalue weighted by molar-refractivity contribution is -0.184. The number of carbonyl (C=O) groups excluding carboxylic acids is 12. The van der Waals surface area contributed by atoms with Gasteiger partial charge in [-0.25, -0.2) is 0 Å². The van der Waals surface area contributed by atoms with Gasteiger partial charge in [-0.2, -0.15) is 26.3 Å². The van der Waals surface area contributed by atoms with Gasteiger partial charge in [0.15, 0.2) is 0 Å². The largest absolute Gasteiger partial charge is 0.393 e. The molecule has 588 valence electrons. The molecule has 7 rings (SSSR count). The first kappa shape index (κ1) is 84.8. The topological polar surface area (TPSA) is 270 Å². The van der Waals surface area contributed by atoms with Gasteiger partial charge in [0.2, 0.25) is 70.9 Å². The Morgan fingerprint density at radius 2 is 1.16 bits per heavy atom. The van der Waals surface area contributed by atoms with Gasteiger partial charge in [0.1, 0.15) is 47.8 Å². The van der Waals surface area contributed by atoms with E-state index >= 15 is 24.0 Å². The molecule has 12 amide bonds. The van der Waals surface area contributed by atoms with Gasteiger partial charge >= 0.3 is 12.4 Å². The summed E-state index contributed by atoms with van der Waals surface area (Å²) < 4.78 is 83.9. The summed E-state index contributed by atoms with van der Waals surface area (Å²) in [6, 6.07) is -9.16. The van der Waals surface area contributed by atoms with Crippen LogP contribution in [0.4, 0.5) is 26.3 Å². The van der Waals surface area contributed by atoms with Crippen LogP contribution in [0.1, 0.15) is 195 Å². The highest BCUT2D eigenvalue weighted by Crippen LogP contribution is 2.45. The van der Waals surface area contributed by atoms with Crippen molar-refractivity contribution in [3.8, 4) is 0 Å². The van der Waals surface area contributed by atoms with Gasteiger partial charge in [-0.05, 0) is 152 Å². The van der Waals surface area contributed by atoms with Crippen LogP contribution in [0.25, 0.3) is 0 Å². The van der Waals surface area contributed by atoms with E-state index in [2.05, 4.69) is 16.0 Å². The Morgan fingerprint density at radius 3 is 1.75 bits per heavy atom. The number of nitrogens with zero attached hydrogens (tertiary/aromatic N) is 9. The van der Waals surface area contributed by atoms with E-state index in [1.54, 1.807) is 18.7 Å². The van der Waals surface area contributed by atoms with Crippen molar-refractivity contribution in [1.82, 2.24) is 60.0 Å². The molecule has 104 heavy (non-hydrogen) atoms. The molecular weight excluding hydrogens is 1390 g/mol. The van der Waals surface area contributed by atoms with Gasteiger partial charge in [-0.3, -0.25) is 57.5 Å². The van der Waals surface area contributed by atoms with Crippen molar-refractivity contribution in [2.45, 2.75) is 260 Å². The predicted octanol–water partition coefficient (Wildman–Crippen LogP) is 6.88. The second-order valence-electron chi connectivity index (χ2n) is 31.6. The minimum atomic E-state index is -4.55. The quantitative estimate of drug-likeness (QED) is 0.141. The smallest absolute Gasteiger partial charge is 0.343 e. The molecule has 4 aliphatic carbocycles. The molecule has 0 aromatic heterocycles. The summed E-state index contributed by atoms with van der Waals surface area (Å²) >= 11 is 6.39. The number of likely N-dealkylation sites (N-methyl/N-ethyl adjacent to an activating group) is 7. The average Bonchev–Trinajstić information content (AvgIpc) is 1.46. The number of fused-ring (bicyclic) bond motifs is 1. The molecule has 4 saturated carbocycles. The van der Waals surface area contributed by atoms with E-state index < -0.39 is 198 Å². The Balaban J connectivity index is 1.28. The number of halogens is 7. The first-order valence-electron chi connectivity index (χ1n) is 37.9. The lowest BCUT2D eigenvalue weighted by atomic mass is 9.78. The highest BCUT2D eigenvalue weighted by atomic mass is 35.5. The van der Waals surface area contributed by atoms with Crippen LogP contribution in [-0.2, 0) is 57.5 Å². The Labute approximate surface area is 614 Å². The van der Waals surface area contributed by atoms with E-state index in [4.69, 9.17) is 11.6 Å². The number of nitrogens with one attached hydrogen (secondary N) is 3. The fraction of sp³-hybridized carbons (Fsp3) is 0.836. The third-order valence-electron chi connectivity index (χ3n) is 23.8. The van der Waals surface area contributed by atoms with Crippen molar-refractivity contribution in [3.63, 3.8) is 0 Å². The maximum Gasteiger partial charge on any atom is 0.393 e. The first-order valence-corrected chi connectivity index (χ1v) is 38.3. The molecule has 3 N–H and O–H groups in total. The Morgan fingerprint density at radius 1 is 0.567 bits per heavy atom. The highest BCUT2D eigenvalue weighted by molar-refractivity contribution is 6.21. The number of amides is 12. The molecule has 11 atom stereocenters. The van der Waals surface area contributed by atoms with Crippen LogP contribution in [0.5, 0.6) is 0 Å². The van der Waals surface area contributed by atoms with Crippen molar-refractivity contribution in [2.75, 3.05) is 88.6 Å². The summed E-state index contributed by atoms with van der Waals surface area (Å²) in [5.41, 5.74) is -1.60. The van der Waals surface area contributed by atoms with Crippen molar-refractivity contribution >= 4 is 82.5 Å². The van der Waals surface area contributed by atoms with Gasteiger partial charge in [0.25, 0.3) is 0 Å². The number of rotatable bonds is 11. The molecule has 3 saturated heterocycles. The molecule has 31 heteroatoms. The molecule has 0 radical (unpaired) electrons. The number of hydrogen-bond acceptors (Lipinski definition) is 12. The number of hydrogen-bond donors (Lipinski definition) is 3. The van der Waals surface area contributed by atoms with Crippen LogP contribution in [0.3, 0.4) is 0 Å². The number of likely N-dealkylation sites (tertiary alicyclic amines) is 1. The van der Waals surface area contributed by atoms with Crippen LogP contribution in [-0.4, -0.2) is 269 Å². The third kappa shape index (κ3) is 21.2. The van der Waals surface area contributed by atoms with Gasteiger partial charge in [0.05, 0.1) is 37.9 Å². The minimum Gasteiger partial charge on any atom is -0.343 e. The summed E-state index contributed by atoms with van der Waals surface area (Å²) in [6.45, 7) is 5.90. The number of alkyl halides is 7. The third-order valence-corrected chi connectivity index (χ3v) is 24.3. The maximum absolute atomic E-state index is 15.8. The fourth-order valence-electron chi connectivity index (χ4n) is 17.0. The van der Waals surface area contributed by atoms with Crippen LogP contribution in [0.2, 0.25) is 0 Å². The molecule has 3 unspecified atom stereocenters. The zero-order valence-electron chi connectivity index (χ0n) is 62.9. The highest BCUT2D eigenvalue weighted by Gasteiger charge is 2.53. The summed E-state index contributed by atoms with van der Waals surface area (Å²) in [7, 11) is 9.52. The van der Waals surface area contributed by atoms with E-state index in [-0.39, 0.29) is 102 Å². The zero-order valence-corrected chi connectivity index (χ0v) is 63.6. The van der Waals surface area contributed by atoms with Crippen molar-refractivity contribution in [3.05, 3.63) is 0 Å². The lowest BCUT2D eigenvalue weighted by Gasteiger charge is -2.43. The van der Waals surface area contributed by atoms with Gasteiger partial charge in [0, 0.05) is 74.3 Å². The predicted molar refractivity (Wildman–Crippen MR) is 375 cm³/mol. The first-order chi connectivity index (χ1) is 48.8. The van der Waals surface area contributed by atoms with Gasteiger partial charge in [-0.1, -0.05) is 66.2 Å². The van der Waals surface area contributed by atoms with E-state index in [1.807, 2.05) is 13.8 Å².